The van der Waals surface area contributed by atoms with Crippen molar-refractivity contribution < 1.29 is 9.32 Å². The van der Waals surface area contributed by atoms with Crippen molar-refractivity contribution in [2.75, 3.05) is 5.32 Å². The molecule has 0 saturated heterocycles. The number of hydrogen-bond donors (Lipinski definition) is 2. The number of fused-ring (bicyclic) bond motifs is 3. The number of anilines is 1. The van der Waals surface area contributed by atoms with Crippen molar-refractivity contribution >= 4 is 11.7 Å². The Kier molecular flexibility index (Phi) is 3.79. The van der Waals surface area contributed by atoms with E-state index in [1.54, 1.807) is 0 Å². The first kappa shape index (κ1) is 15.2. The zero-order chi connectivity index (χ0) is 16.7. The molecular formula is C19H23N3O2. The van der Waals surface area contributed by atoms with Gasteiger partial charge >= 0.3 is 6.03 Å². The van der Waals surface area contributed by atoms with E-state index in [2.05, 4.69) is 40.1 Å². The molecule has 2 N–H and O–H groups in total. The van der Waals surface area contributed by atoms with Crippen molar-refractivity contribution in [3.8, 4) is 0 Å². The lowest BCUT2D eigenvalue weighted by Gasteiger charge is -2.23. The number of hydrogen-bond acceptors (Lipinski definition) is 3. The summed E-state index contributed by atoms with van der Waals surface area (Å²) in [6.07, 6.45) is 4.50. The van der Waals surface area contributed by atoms with Crippen molar-refractivity contribution in [2.45, 2.75) is 45.6 Å². The molecule has 1 saturated carbocycles. The number of nitrogens with one attached hydrogen (secondary N) is 2. The Morgan fingerprint density at radius 1 is 1.12 bits per heavy atom. The van der Waals surface area contributed by atoms with Crippen molar-refractivity contribution in [2.24, 2.45) is 11.8 Å². The van der Waals surface area contributed by atoms with Crippen LogP contribution in [0.2, 0.25) is 0 Å². The predicted octanol–water partition coefficient (Wildman–Crippen LogP) is 3.61. The summed E-state index contributed by atoms with van der Waals surface area (Å²) < 4.78 is 5.11. The topological polar surface area (TPSA) is 67.2 Å². The largest absolute Gasteiger partial charge is 0.359 e. The van der Waals surface area contributed by atoms with E-state index in [-0.39, 0.29) is 12.1 Å². The summed E-state index contributed by atoms with van der Waals surface area (Å²) in [6, 6.07) is 8.78. The van der Waals surface area contributed by atoms with Crippen LogP contribution >= 0.6 is 0 Å². The Morgan fingerprint density at radius 2 is 1.75 bits per heavy atom. The van der Waals surface area contributed by atoms with Crippen LogP contribution < -0.4 is 10.6 Å². The molecule has 2 atom stereocenters. The van der Waals surface area contributed by atoms with Gasteiger partial charge in [-0.1, -0.05) is 29.4 Å². The van der Waals surface area contributed by atoms with Gasteiger partial charge in [-0.05, 0) is 62.5 Å². The molecule has 0 aliphatic heterocycles. The number of aryl methyl sites for hydroxylation is 2. The van der Waals surface area contributed by atoms with Gasteiger partial charge in [0, 0.05) is 6.04 Å². The molecule has 2 aliphatic rings. The summed E-state index contributed by atoms with van der Waals surface area (Å²) in [7, 11) is 0. The number of rotatable bonds is 2. The van der Waals surface area contributed by atoms with Crippen LogP contribution in [0.25, 0.3) is 0 Å². The van der Waals surface area contributed by atoms with Gasteiger partial charge in [0.25, 0.3) is 0 Å². The summed E-state index contributed by atoms with van der Waals surface area (Å²) in [6.45, 7) is 3.64. The van der Waals surface area contributed by atoms with E-state index in [0.717, 1.165) is 12.8 Å². The molecule has 5 nitrogen and oxygen atoms in total. The highest BCUT2D eigenvalue weighted by atomic mass is 16.5. The highest BCUT2D eigenvalue weighted by Crippen LogP contribution is 2.40. The molecule has 2 aromatic rings. The molecule has 1 heterocycles. The zero-order valence-corrected chi connectivity index (χ0v) is 14.1. The highest BCUT2D eigenvalue weighted by molar-refractivity contribution is 5.90. The number of benzene rings is 1. The van der Waals surface area contributed by atoms with Gasteiger partial charge < -0.3 is 15.2 Å². The predicted molar refractivity (Wildman–Crippen MR) is 92.0 cm³/mol. The summed E-state index contributed by atoms with van der Waals surface area (Å²) in [5, 5.41) is 10.0. The highest BCUT2D eigenvalue weighted by Gasteiger charge is 2.39. The van der Waals surface area contributed by atoms with Gasteiger partial charge in [0.05, 0.1) is 0 Å². The van der Waals surface area contributed by atoms with Crippen LogP contribution in [0.4, 0.5) is 10.5 Å². The minimum Gasteiger partial charge on any atom is -0.359 e. The number of carbonyl (C=O) groups is 1. The second kappa shape index (κ2) is 5.96. The average Bonchev–Trinajstić information content (AvgIpc) is 3.00. The van der Waals surface area contributed by atoms with E-state index in [1.807, 2.05) is 13.8 Å². The van der Waals surface area contributed by atoms with E-state index in [9.17, 15) is 4.79 Å². The molecule has 0 radical (unpaired) electrons. The summed E-state index contributed by atoms with van der Waals surface area (Å²) >= 11 is 0. The second-order valence-electron chi connectivity index (χ2n) is 7.10. The third-order valence-corrected chi connectivity index (χ3v) is 5.58. The van der Waals surface area contributed by atoms with Crippen molar-refractivity contribution in [1.82, 2.24) is 10.5 Å². The van der Waals surface area contributed by atoms with Gasteiger partial charge in [0.1, 0.15) is 11.4 Å². The molecule has 1 fully saturated rings. The van der Waals surface area contributed by atoms with Gasteiger partial charge in [-0.25, -0.2) is 4.79 Å². The zero-order valence-electron chi connectivity index (χ0n) is 14.1. The first-order valence-electron chi connectivity index (χ1n) is 8.69. The van der Waals surface area contributed by atoms with Crippen LogP contribution in [0, 0.1) is 25.7 Å². The van der Waals surface area contributed by atoms with E-state index in [0.29, 0.717) is 29.0 Å². The summed E-state index contributed by atoms with van der Waals surface area (Å²) in [4.78, 5) is 12.5. The van der Waals surface area contributed by atoms with Crippen LogP contribution in [0.15, 0.2) is 28.8 Å². The van der Waals surface area contributed by atoms with Crippen LogP contribution in [-0.4, -0.2) is 17.2 Å². The van der Waals surface area contributed by atoms with Gasteiger partial charge in [-0.3, -0.25) is 0 Å². The molecule has 2 unspecified atom stereocenters. The van der Waals surface area contributed by atoms with Gasteiger partial charge in [0.2, 0.25) is 0 Å². The number of carbonyl (C=O) groups excluding carboxylic acids is 1. The summed E-state index contributed by atoms with van der Waals surface area (Å²) in [5.41, 5.74) is 4.28. The standard InChI is InChI=1S/C19H23N3O2/c1-11-17(12(2)24-22-11)20-19(23)21-18-15-7-8-16(18)10-14-6-4-3-5-13(14)9-15/h3-6,15-16,18H,7-10H2,1-2H3,(H2,20,21,23). The van der Waals surface area contributed by atoms with Crippen molar-refractivity contribution in [3.05, 3.63) is 46.8 Å². The number of amides is 2. The normalized spacial score (nSPS) is 25.0. The maximum atomic E-state index is 12.5. The van der Waals surface area contributed by atoms with E-state index in [4.69, 9.17) is 4.52 Å². The third-order valence-electron chi connectivity index (χ3n) is 5.58. The van der Waals surface area contributed by atoms with Gasteiger partial charge in [-0.2, -0.15) is 0 Å². The maximum Gasteiger partial charge on any atom is 0.319 e. The molecule has 0 spiro atoms. The fourth-order valence-corrected chi connectivity index (χ4v) is 4.35. The SMILES string of the molecule is Cc1noc(C)c1NC(=O)NC1C2CCC1Cc1ccccc1C2. The van der Waals surface area contributed by atoms with E-state index >= 15 is 0 Å². The summed E-state index contributed by atoms with van der Waals surface area (Å²) in [5.74, 6) is 1.68. The Hall–Kier alpha value is -2.30. The Bertz CT molecular complexity index is 715. The van der Waals surface area contributed by atoms with Crippen LogP contribution in [0.5, 0.6) is 0 Å². The molecule has 4 rings (SSSR count). The monoisotopic (exact) mass is 325 g/mol. The van der Waals surface area contributed by atoms with Crippen molar-refractivity contribution in [3.63, 3.8) is 0 Å². The number of nitrogens with zero attached hydrogens (tertiary/aromatic N) is 1. The number of urea groups is 1. The Morgan fingerprint density at radius 3 is 2.29 bits per heavy atom. The van der Waals surface area contributed by atoms with Gasteiger partial charge in [0.15, 0.2) is 5.76 Å². The lowest BCUT2D eigenvalue weighted by Crippen LogP contribution is -2.44. The first-order valence-corrected chi connectivity index (χ1v) is 8.69. The Labute approximate surface area is 141 Å². The quantitative estimate of drug-likeness (QED) is 0.886. The van der Waals surface area contributed by atoms with Crippen LogP contribution in [0.3, 0.4) is 0 Å². The fourth-order valence-electron chi connectivity index (χ4n) is 4.35. The molecule has 1 aromatic heterocycles. The van der Waals surface area contributed by atoms with Crippen LogP contribution in [-0.2, 0) is 12.8 Å². The molecule has 126 valence electrons. The molecule has 1 aromatic carbocycles. The second-order valence-corrected chi connectivity index (χ2v) is 7.10. The molecule has 5 heteroatoms. The lowest BCUT2D eigenvalue weighted by atomic mass is 9.94. The number of aromatic nitrogens is 1. The first-order chi connectivity index (χ1) is 11.6. The van der Waals surface area contributed by atoms with E-state index in [1.165, 1.54) is 24.0 Å². The Balaban J connectivity index is 1.48. The molecule has 2 bridgehead atoms. The minimum atomic E-state index is -0.155. The molecule has 2 aliphatic carbocycles. The fraction of sp³-hybridized carbons (Fsp3) is 0.474. The average molecular weight is 325 g/mol. The molecule has 2 amide bonds. The van der Waals surface area contributed by atoms with E-state index < -0.39 is 0 Å². The van der Waals surface area contributed by atoms with Crippen molar-refractivity contribution in [1.29, 1.82) is 0 Å². The molecular weight excluding hydrogens is 302 g/mol. The third kappa shape index (κ3) is 2.68. The lowest BCUT2D eigenvalue weighted by molar-refractivity contribution is 0.240. The minimum absolute atomic E-state index is 0.155. The van der Waals surface area contributed by atoms with Crippen LogP contribution in [0.1, 0.15) is 35.4 Å². The molecule has 24 heavy (non-hydrogen) atoms. The smallest absolute Gasteiger partial charge is 0.319 e. The maximum absolute atomic E-state index is 12.5. The van der Waals surface area contributed by atoms with Gasteiger partial charge in [-0.15, -0.1) is 0 Å².